The van der Waals surface area contributed by atoms with Crippen molar-refractivity contribution in [2.45, 2.75) is 58.8 Å². The van der Waals surface area contributed by atoms with Gasteiger partial charge < -0.3 is 11.1 Å². The summed E-state index contributed by atoms with van der Waals surface area (Å²) >= 11 is 0. The first kappa shape index (κ1) is 15.0. The molecule has 0 bridgehead atoms. The molecule has 4 heteroatoms. The van der Waals surface area contributed by atoms with Crippen molar-refractivity contribution in [1.29, 1.82) is 0 Å². The lowest BCUT2D eigenvalue weighted by Gasteiger charge is -2.41. The fourth-order valence-electron chi connectivity index (χ4n) is 3.20. The van der Waals surface area contributed by atoms with Crippen LogP contribution in [0.5, 0.6) is 0 Å². The molecule has 0 aromatic carbocycles. The molecule has 18 heavy (non-hydrogen) atoms. The number of rotatable bonds is 6. The van der Waals surface area contributed by atoms with Gasteiger partial charge in [0.05, 0.1) is 11.3 Å². The van der Waals surface area contributed by atoms with Gasteiger partial charge in [0, 0.05) is 6.54 Å². The van der Waals surface area contributed by atoms with Gasteiger partial charge in [-0.1, -0.05) is 33.1 Å². The second-order valence-corrected chi connectivity index (χ2v) is 5.36. The Morgan fingerprint density at radius 3 is 2.56 bits per heavy atom. The van der Waals surface area contributed by atoms with Crippen molar-refractivity contribution < 1.29 is 9.59 Å². The topological polar surface area (TPSA) is 72.2 Å². The van der Waals surface area contributed by atoms with E-state index in [0.29, 0.717) is 6.54 Å². The highest BCUT2D eigenvalue weighted by Crippen LogP contribution is 2.45. The van der Waals surface area contributed by atoms with E-state index in [4.69, 9.17) is 5.73 Å². The van der Waals surface area contributed by atoms with Gasteiger partial charge in [-0.25, -0.2) is 0 Å². The van der Waals surface area contributed by atoms with Crippen molar-refractivity contribution in [1.82, 2.24) is 5.32 Å². The Hall–Kier alpha value is -1.06. The van der Waals surface area contributed by atoms with Crippen LogP contribution in [0.1, 0.15) is 58.8 Å². The van der Waals surface area contributed by atoms with Gasteiger partial charge in [-0.2, -0.15) is 0 Å². The van der Waals surface area contributed by atoms with E-state index in [0.717, 1.165) is 44.9 Å². The molecule has 0 spiro atoms. The fraction of sp³-hybridized carbons (Fsp3) is 0.857. The van der Waals surface area contributed by atoms with Crippen LogP contribution in [0.15, 0.2) is 0 Å². The van der Waals surface area contributed by atoms with Gasteiger partial charge in [0.1, 0.15) is 0 Å². The summed E-state index contributed by atoms with van der Waals surface area (Å²) in [7, 11) is 0. The summed E-state index contributed by atoms with van der Waals surface area (Å²) in [6, 6.07) is 0. The molecule has 4 nitrogen and oxygen atoms in total. The Balaban J connectivity index is 2.93. The molecule has 2 atom stereocenters. The molecule has 0 aliphatic heterocycles. The van der Waals surface area contributed by atoms with Crippen molar-refractivity contribution in [3.8, 4) is 0 Å². The SMILES string of the molecule is CCCNC(=O)C1(CCC)CCCCC1C(N)=O. The highest BCUT2D eigenvalue weighted by Gasteiger charge is 2.48. The number of nitrogens with one attached hydrogen (secondary N) is 1. The van der Waals surface area contributed by atoms with E-state index >= 15 is 0 Å². The van der Waals surface area contributed by atoms with Crippen LogP contribution in [0.3, 0.4) is 0 Å². The highest BCUT2D eigenvalue weighted by atomic mass is 16.2. The molecule has 2 unspecified atom stereocenters. The van der Waals surface area contributed by atoms with Gasteiger partial charge in [-0.3, -0.25) is 9.59 Å². The van der Waals surface area contributed by atoms with Gasteiger partial charge in [0.15, 0.2) is 0 Å². The first-order chi connectivity index (χ1) is 8.58. The summed E-state index contributed by atoms with van der Waals surface area (Å²) in [6.45, 7) is 4.76. The molecule has 0 aromatic heterocycles. The molecule has 0 radical (unpaired) electrons. The number of primary amides is 1. The van der Waals surface area contributed by atoms with Crippen molar-refractivity contribution in [2.24, 2.45) is 17.1 Å². The molecule has 1 aliphatic carbocycles. The molecule has 2 amide bonds. The Morgan fingerprint density at radius 1 is 1.28 bits per heavy atom. The summed E-state index contributed by atoms with van der Waals surface area (Å²) in [5, 5.41) is 2.97. The lowest BCUT2D eigenvalue weighted by molar-refractivity contribution is -0.144. The van der Waals surface area contributed by atoms with Gasteiger partial charge >= 0.3 is 0 Å². The van der Waals surface area contributed by atoms with Crippen LogP contribution in [0.4, 0.5) is 0 Å². The number of hydrogen-bond acceptors (Lipinski definition) is 2. The average molecular weight is 254 g/mol. The van der Waals surface area contributed by atoms with Crippen LogP contribution in [-0.4, -0.2) is 18.4 Å². The molecule has 0 saturated heterocycles. The largest absolute Gasteiger partial charge is 0.369 e. The summed E-state index contributed by atoms with van der Waals surface area (Å²) in [6.07, 6.45) is 6.15. The maximum Gasteiger partial charge on any atom is 0.227 e. The Labute approximate surface area is 110 Å². The molecule has 0 heterocycles. The first-order valence-corrected chi connectivity index (χ1v) is 7.16. The Kier molecular flexibility index (Phi) is 5.63. The lowest BCUT2D eigenvalue weighted by Crippen LogP contribution is -2.51. The molecular weight excluding hydrogens is 228 g/mol. The smallest absolute Gasteiger partial charge is 0.227 e. The predicted octanol–water partition coefficient (Wildman–Crippen LogP) is 1.97. The van der Waals surface area contributed by atoms with E-state index in [1.54, 1.807) is 0 Å². The number of amides is 2. The van der Waals surface area contributed by atoms with Crippen LogP contribution in [-0.2, 0) is 9.59 Å². The highest BCUT2D eigenvalue weighted by molar-refractivity contribution is 5.90. The number of hydrogen-bond donors (Lipinski definition) is 2. The Morgan fingerprint density at radius 2 is 2.00 bits per heavy atom. The molecule has 1 saturated carbocycles. The summed E-state index contributed by atoms with van der Waals surface area (Å²) < 4.78 is 0. The van der Waals surface area contributed by atoms with Gasteiger partial charge in [-0.15, -0.1) is 0 Å². The second-order valence-electron chi connectivity index (χ2n) is 5.36. The van der Waals surface area contributed by atoms with Gasteiger partial charge in [0.2, 0.25) is 11.8 Å². The average Bonchev–Trinajstić information content (AvgIpc) is 2.36. The third kappa shape index (κ3) is 3.03. The fourth-order valence-corrected chi connectivity index (χ4v) is 3.20. The molecule has 1 rings (SSSR count). The minimum atomic E-state index is -0.548. The predicted molar refractivity (Wildman–Crippen MR) is 71.8 cm³/mol. The van der Waals surface area contributed by atoms with Crippen LogP contribution < -0.4 is 11.1 Å². The molecule has 3 N–H and O–H groups in total. The van der Waals surface area contributed by atoms with E-state index in [-0.39, 0.29) is 17.7 Å². The van der Waals surface area contributed by atoms with Crippen molar-refractivity contribution in [2.75, 3.05) is 6.54 Å². The first-order valence-electron chi connectivity index (χ1n) is 7.16. The second kappa shape index (κ2) is 6.76. The van der Waals surface area contributed by atoms with Crippen LogP contribution >= 0.6 is 0 Å². The third-order valence-electron chi connectivity index (χ3n) is 4.06. The molecule has 0 aromatic rings. The summed E-state index contributed by atoms with van der Waals surface area (Å²) in [5.74, 6) is -0.562. The van der Waals surface area contributed by atoms with Crippen LogP contribution in [0.2, 0.25) is 0 Å². The zero-order valence-corrected chi connectivity index (χ0v) is 11.6. The molecule has 1 aliphatic rings. The minimum absolute atomic E-state index is 0.0368. The van der Waals surface area contributed by atoms with Crippen molar-refractivity contribution in [3.05, 3.63) is 0 Å². The van der Waals surface area contributed by atoms with Crippen LogP contribution in [0.25, 0.3) is 0 Å². The summed E-state index contributed by atoms with van der Waals surface area (Å²) in [5.41, 5.74) is 4.97. The lowest BCUT2D eigenvalue weighted by atomic mass is 9.63. The summed E-state index contributed by atoms with van der Waals surface area (Å²) in [4.78, 5) is 24.1. The monoisotopic (exact) mass is 254 g/mol. The molecular formula is C14H26N2O2. The molecule has 1 fully saturated rings. The van der Waals surface area contributed by atoms with E-state index in [1.165, 1.54) is 0 Å². The minimum Gasteiger partial charge on any atom is -0.369 e. The van der Waals surface area contributed by atoms with E-state index in [1.807, 2.05) is 6.92 Å². The third-order valence-corrected chi connectivity index (χ3v) is 4.06. The van der Waals surface area contributed by atoms with E-state index in [2.05, 4.69) is 12.2 Å². The van der Waals surface area contributed by atoms with E-state index in [9.17, 15) is 9.59 Å². The Bertz CT molecular complexity index is 300. The zero-order chi connectivity index (χ0) is 13.6. The maximum absolute atomic E-state index is 12.5. The van der Waals surface area contributed by atoms with Crippen LogP contribution in [0, 0.1) is 11.3 Å². The van der Waals surface area contributed by atoms with Crippen molar-refractivity contribution >= 4 is 11.8 Å². The number of carbonyl (C=O) groups excluding carboxylic acids is 2. The van der Waals surface area contributed by atoms with E-state index < -0.39 is 5.41 Å². The standard InChI is InChI=1S/C14H26N2O2/c1-3-8-14(13(18)16-10-4-2)9-6-5-7-11(14)12(15)17/h11H,3-10H2,1-2H3,(H2,15,17)(H,16,18). The zero-order valence-electron chi connectivity index (χ0n) is 11.6. The maximum atomic E-state index is 12.5. The molecule has 104 valence electrons. The van der Waals surface area contributed by atoms with Crippen molar-refractivity contribution in [3.63, 3.8) is 0 Å². The number of nitrogens with two attached hydrogens (primary N) is 1. The number of carbonyl (C=O) groups is 2. The van der Waals surface area contributed by atoms with Gasteiger partial charge in [-0.05, 0) is 25.7 Å². The normalized spacial score (nSPS) is 27.8. The van der Waals surface area contributed by atoms with Gasteiger partial charge in [0.25, 0.3) is 0 Å². The quantitative estimate of drug-likeness (QED) is 0.760.